The molecular weight excluding hydrogens is 460 g/mol. The molecule has 1 aliphatic heterocycles. The van der Waals surface area contributed by atoms with E-state index in [1.807, 2.05) is 42.2 Å². The summed E-state index contributed by atoms with van der Waals surface area (Å²) in [6.07, 6.45) is 2.07. The number of likely N-dealkylation sites (tertiary alicyclic amines) is 1. The monoisotopic (exact) mass is 486 g/mol. The van der Waals surface area contributed by atoms with E-state index < -0.39 is 5.25 Å². The third-order valence-electron chi connectivity index (χ3n) is 5.16. The standard InChI is InChI=1S/C22H22ClN3O2S.C2H5NO/c1-2-26-20(27)17-14-16(23)10-11-18(17)24-22(26)29-19(15-8-4-3-5-9-15)21(28)25-12-6-7-13-25;1-2(3)4/h3-5,8-11,14,19H,2,6-7,12-13H2,1H3;1H3,(H2,3,4). The van der Waals surface area contributed by atoms with Gasteiger partial charge in [0.25, 0.3) is 5.56 Å². The molecule has 1 saturated heterocycles. The van der Waals surface area contributed by atoms with Crippen molar-refractivity contribution in [2.75, 3.05) is 13.1 Å². The van der Waals surface area contributed by atoms with Crippen LogP contribution in [0.1, 0.15) is 37.5 Å². The van der Waals surface area contributed by atoms with Gasteiger partial charge in [-0.25, -0.2) is 4.98 Å². The lowest BCUT2D eigenvalue weighted by atomic mass is 10.1. The molecule has 0 aliphatic carbocycles. The van der Waals surface area contributed by atoms with Crippen molar-refractivity contribution in [3.05, 3.63) is 69.5 Å². The smallest absolute Gasteiger partial charge is 0.262 e. The first-order valence-electron chi connectivity index (χ1n) is 10.8. The van der Waals surface area contributed by atoms with Crippen molar-refractivity contribution >= 4 is 46.1 Å². The van der Waals surface area contributed by atoms with Gasteiger partial charge in [-0.2, -0.15) is 0 Å². The zero-order valence-electron chi connectivity index (χ0n) is 18.7. The van der Waals surface area contributed by atoms with Crippen LogP contribution in [0, 0.1) is 0 Å². The van der Waals surface area contributed by atoms with E-state index in [1.165, 1.54) is 18.7 Å². The summed E-state index contributed by atoms with van der Waals surface area (Å²) in [7, 11) is 0. The van der Waals surface area contributed by atoms with Crippen molar-refractivity contribution in [2.45, 2.75) is 43.6 Å². The minimum Gasteiger partial charge on any atom is -0.370 e. The fourth-order valence-corrected chi connectivity index (χ4v) is 5.06. The van der Waals surface area contributed by atoms with Crippen LogP contribution in [0.15, 0.2) is 58.5 Å². The molecule has 3 aromatic rings. The van der Waals surface area contributed by atoms with E-state index in [2.05, 4.69) is 5.73 Å². The maximum Gasteiger partial charge on any atom is 0.262 e. The van der Waals surface area contributed by atoms with Crippen LogP contribution in [0.2, 0.25) is 5.02 Å². The fourth-order valence-electron chi connectivity index (χ4n) is 3.64. The van der Waals surface area contributed by atoms with Crippen LogP contribution in [-0.2, 0) is 16.1 Å². The number of nitrogens with zero attached hydrogens (tertiary/aromatic N) is 3. The van der Waals surface area contributed by atoms with E-state index in [0.29, 0.717) is 27.6 Å². The number of primary amides is 1. The number of aromatic nitrogens is 2. The molecular formula is C24H27ClN4O3S. The molecule has 1 aromatic heterocycles. The largest absolute Gasteiger partial charge is 0.370 e. The highest BCUT2D eigenvalue weighted by atomic mass is 35.5. The van der Waals surface area contributed by atoms with Gasteiger partial charge in [-0.1, -0.05) is 53.7 Å². The Bertz CT molecular complexity index is 1190. The maximum atomic E-state index is 13.3. The number of amides is 2. The van der Waals surface area contributed by atoms with E-state index in [1.54, 1.807) is 22.8 Å². The summed E-state index contributed by atoms with van der Waals surface area (Å²) in [5, 5.41) is 1.11. The summed E-state index contributed by atoms with van der Waals surface area (Å²) in [4.78, 5) is 42.2. The van der Waals surface area contributed by atoms with Gasteiger partial charge < -0.3 is 10.6 Å². The van der Waals surface area contributed by atoms with Crippen LogP contribution < -0.4 is 11.3 Å². The summed E-state index contributed by atoms with van der Waals surface area (Å²) >= 11 is 7.42. The molecule has 1 fully saturated rings. The van der Waals surface area contributed by atoms with E-state index >= 15 is 0 Å². The topological polar surface area (TPSA) is 98.3 Å². The van der Waals surface area contributed by atoms with Crippen LogP contribution in [-0.4, -0.2) is 39.4 Å². The summed E-state index contributed by atoms with van der Waals surface area (Å²) < 4.78 is 1.62. The van der Waals surface area contributed by atoms with E-state index in [-0.39, 0.29) is 17.4 Å². The second-order valence-corrected chi connectivity index (χ2v) is 9.17. The Morgan fingerprint density at radius 2 is 1.79 bits per heavy atom. The molecule has 0 spiro atoms. The van der Waals surface area contributed by atoms with E-state index in [4.69, 9.17) is 16.6 Å². The van der Waals surface area contributed by atoms with Crippen molar-refractivity contribution in [1.29, 1.82) is 0 Å². The highest BCUT2D eigenvalue weighted by Gasteiger charge is 2.30. The molecule has 0 radical (unpaired) electrons. The first-order valence-corrected chi connectivity index (χ1v) is 12.0. The van der Waals surface area contributed by atoms with E-state index in [0.717, 1.165) is 31.5 Å². The number of hydrogen-bond donors (Lipinski definition) is 1. The first-order chi connectivity index (χ1) is 15.8. The number of fused-ring (bicyclic) bond motifs is 1. The van der Waals surface area contributed by atoms with Gasteiger partial charge in [0, 0.05) is 31.6 Å². The number of thioether (sulfide) groups is 1. The molecule has 1 unspecified atom stereocenters. The highest BCUT2D eigenvalue weighted by molar-refractivity contribution is 8.00. The highest BCUT2D eigenvalue weighted by Crippen LogP contribution is 2.36. The number of carbonyl (C=O) groups excluding carboxylic acids is 2. The second-order valence-electron chi connectivity index (χ2n) is 7.66. The summed E-state index contributed by atoms with van der Waals surface area (Å²) in [5.41, 5.74) is 5.84. The summed E-state index contributed by atoms with van der Waals surface area (Å²) in [6.45, 7) is 5.25. The van der Waals surface area contributed by atoms with Gasteiger partial charge in [-0.3, -0.25) is 19.0 Å². The Kier molecular flexibility index (Phi) is 8.52. The molecule has 2 amide bonds. The lowest BCUT2D eigenvalue weighted by Crippen LogP contribution is -2.32. The Morgan fingerprint density at radius 1 is 1.15 bits per heavy atom. The SMILES string of the molecule is CC(N)=O.CCn1c(SC(C(=O)N2CCCC2)c2ccccc2)nc2ccc(Cl)cc2c1=O. The number of carbonyl (C=O) groups is 2. The van der Waals surface area contributed by atoms with E-state index in [9.17, 15) is 14.4 Å². The zero-order chi connectivity index (χ0) is 24.0. The first kappa shape index (κ1) is 24.8. The normalized spacial score (nSPS) is 14.0. The maximum absolute atomic E-state index is 13.3. The van der Waals surface area contributed by atoms with Crippen molar-refractivity contribution in [3.63, 3.8) is 0 Å². The van der Waals surface area contributed by atoms with Gasteiger partial charge in [-0.05, 0) is 43.5 Å². The molecule has 7 nitrogen and oxygen atoms in total. The number of nitrogens with two attached hydrogens (primary N) is 1. The predicted octanol–water partition coefficient (Wildman–Crippen LogP) is 4.02. The molecule has 9 heteroatoms. The molecule has 1 atom stereocenters. The molecule has 174 valence electrons. The average Bonchev–Trinajstić information content (AvgIpc) is 3.33. The van der Waals surface area contributed by atoms with Crippen molar-refractivity contribution in [1.82, 2.24) is 14.5 Å². The Labute approximate surface area is 201 Å². The number of rotatable bonds is 5. The molecule has 2 N–H and O–H groups in total. The quantitative estimate of drug-likeness (QED) is 0.434. The molecule has 1 aliphatic rings. The van der Waals surface area contributed by atoms with Gasteiger partial charge in [0.2, 0.25) is 11.8 Å². The molecule has 2 heterocycles. The van der Waals surface area contributed by atoms with Crippen molar-refractivity contribution < 1.29 is 9.59 Å². The number of benzene rings is 2. The van der Waals surface area contributed by atoms with Gasteiger partial charge in [0.15, 0.2) is 5.16 Å². The minimum absolute atomic E-state index is 0.0757. The van der Waals surface area contributed by atoms with Crippen molar-refractivity contribution in [3.8, 4) is 0 Å². The number of hydrogen-bond acceptors (Lipinski definition) is 5. The summed E-state index contributed by atoms with van der Waals surface area (Å²) in [6, 6.07) is 14.9. The molecule has 0 saturated carbocycles. The third kappa shape index (κ3) is 6.15. The molecule has 33 heavy (non-hydrogen) atoms. The van der Waals surface area contributed by atoms with Crippen LogP contribution in [0.3, 0.4) is 0 Å². The van der Waals surface area contributed by atoms with Gasteiger partial charge in [-0.15, -0.1) is 0 Å². The van der Waals surface area contributed by atoms with Gasteiger partial charge >= 0.3 is 0 Å². The Morgan fingerprint density at radius 3 is 2.39 bits per heavy atom. The minimum atomic E-state index is -0.441. The summed E-state index contributed by atoms with van der Waals surface area (Å²) in [5.74, 6) is -0.258. The number of halogens is 1. The van der Waals surface area contributed by atoms with Crippen LogP contribution in [0.25, 0.3) is 10.9 Å². The van der Waals surface area contributed by atoms with Gasteiger partial charge in [0.1, 0.15) is 5.25 Å². The van der Waals surface area contributed by atoms with Gasteiger partial charge in [0.05, 0.1) is 10.9 Å². The molecule has 4 rings (SSSR count). The lowest BCUT2D eigenvalue weighted by molar-refractivity contribution is -0.129. The zero-order valence-corrected chi connectivity index (χ0v) is 20.2. The Hall–Kier alpha value is -2.84. The van der Waals surface area contributed by atoms with Crippen molar-refractivity contribution in [2.24, 2.45) is 5.73 Å². The van der Waals surface area contributed by atoms with Crippen LogP contribution >= 0.6 is 23.4 Å². The molecule has 2 aromatic carbocycles. The third-order valence-corrected chi connectivity index (χ3v) is 6.63. The molecule has 0 bridgehead atoms. The predicted molar refractivity (Wildman–Crippen MR) is 132 cm³/mol. The fraction of sp³-hybridized carbons (Fsp3) is 0.333. The lowest BCUT2D eigenvalue weighted by Gasteiger charge is -2.24. The Balaban J connectivity index is 0.000000709. The van der Waals surface area contributed by atoms with Crippen LogP contribution in [0.4, 0.5) is 0 Å². The average molecular weight is 487 g/mol. The van der Waals surface area contributed by atoms with Crippen LogP contribution in [0.5, 0.6) is 0 Å². The second kappa shape index (κ2) is 11.3.